The Bertz CT molecular complexity index is 951. The van der Waals surface area contributed by atoms with Gasteiger partial charge in [0.25, 0.3) is 0 Å². The first-order valence-corrected chi connectivity index (χ1v) is 10.1. The Morgan fingerprint density at radius 2 is 1.86 bits per heavy atom. The Hall–Kier alpha value is -1.94. The first kappa shape index (κ1) is 20.3. The SMILES string of the molecule is CC(Oc1cc(C#CC2COC3C(O)COC23)ccc1N)c1c(Cl)cccc1Cl. The van der Waals surface area contributed by atoms with Crippen molar-refractivity contribution in [2.45, 2.75) is 31.3 Å². The lowest BCUT2D eigenvalue weighted by molar-refractivity contribution is 0.0179. The number of hydrogen-bond acceptors (Lipinski definition) is 5. The van der Waals surface area contributed by atoms with Crippen LogP contribution in [0, 0.1) is 17.8 Å². The second kappa shape index (κ2) is 8.43. The first-order chi connectivity index (χ1) is 13.9. The summed E-state index contributed by atoms with van der Waals surface area (Å²) < 4.78 is 17.3. The number of nitrogen functional groups attached to an aromatic ring is 1. The summed E-state index contributed by atoms with van der Waals surface area (Å²) in [5, 5.41) is 10.9. The second-order valence-electron chi connectivity index (χ2n) is 7.19. The summed E-state index contributed by atoms with van der Waals surface area (Å²) in [5.41, 5.74) is 8.05. The fourth-order valence-electron chi connectivity index (χ4n) is 3.64. The summed E-state index contributed by atoms with van der Waals surface area (Å²) in [6.07, 6.45) is -1.45. The van der Waals surface area contributed by atoms with Gasteiger partial charge < -0.3 is 25.1 Å². The van der Waals surface area contributed by atoms with E-state index in [1.807, 2.05) is 13.0 Å². The molecule has 29 heavy (non-hydrogen) atoms. The maximum Gasteiger partial charge on any atom is 0.144 e. The molecule has 2 saturated heterocycles. The minimum atomic E-state index is -0.582. The van der Waals surface area contributed by atoms with Gasteiger partial charge in [0.15, 0.2) is 0 Å². The molecule has 7 heteroatoms. The summed E-state index contributed by atoms with van der Waals surface area (Å²) in [6, 6.07) is 10.7. The van der Waals surface area contributed by atoms with Gasteiger partial charge in [-0.15, -0.1) is 0 Å². The van der Waals surface area contributed by atoms with E-state index in [0.29, 0.717) is 33.7 Å². The zero-order chi connectivity index (χ0) is 20.5. The van der Waals surface area contributed by atoms with E-state index in [4.69, 9.17) is 43.1 Å². The average Bonchev–Trinajstić information content (AvgIpc) is 3.25. The van der Waals surface area contributed by atoms with E-state index in [0.717, 1.165) is 5.56 Å². The van der Waals surface area contributed by atoms with Crippen LogP contribution in [0.25, 0.3) is 0 Å². The van der Waals surface area contributed by atoms with E-state index in [9.17, 15) is 5.11 Å². The molecule has 0 saturated carbocycles. The third-order valence-electron chi connectivity index (χ3n) is 5.15. The number of halogens is 2. The number of ether oxygens (including phenoxy) is 3. The number of aliphatic hydroxyl groups excluding tert-OH is 1. The second-order valence-corrected chi connectivity index (χ2v) is 8.00. The number of benzene rings is 2. The highest BCUT2D eigenvalue weighted by Crippen LogP contribution is 2.35. The zero-order valence-electron chi connectivity index (χ0n) is 15.8. The van der Waals surface area contributed by atoms with Gasteiger partial charge in [-0.05, 0) is 37.3 Å². The number of anilines is 1. The summed E-state index contributed by atoms with van der Waals surface area (Å²) in [5.74, 6) is 6.75. The molecule has 2 aromatic rings. The molecule has 5 unspecified atom stereocenters. The smallest absolute Gasteiger partial charge is 0.144 e. The normalized spacial score (nSPS) is 26.5. The Balaban J connectivity index is 1.52. The van der Waals surface area contributed by atoms with Gasteiger partial charge in [-0.1, -0.05) is 41.1 Å². The Kier molecular flexibility index (Phi) is 5.91. The molecule has 2 fully saturated rings. The van der Waals surface area contributed by atoms with Crippen LogP contribution in [0.3, 0.4) is 0 Å². The van der Waals surface area contributed by atoms with E-state index in [1.165, 1.54) is 0 Å². The lowest BCUT2D eigenvalue weighted by Crippen LogP contribution is -2.28. The summed E-state index contributed by atoms with van der Waals surface area (Å²) >= 11 is 12.6. The standard InChI is InChI=1S/C22H21Cl2NO4/c1-12(20-15(23)3-2-4-16(20)24)29-19-9-13(6-8-17(19)25)5-7-14-10-27-22-18(26)11-28-21(14)22/h2-4,6,8-9,12,14,18,21-22,26H,10-11,25H2,1H3. The van der Waals surface area contributed by atoms with E-state index in [2.05, 4.69) is 11.8 Å². The molecule has 0 bridgehead atoms. The maximum absolute atomic E-state index is 9.84. The molecule has 4 rings (SSSR count). The molecule has 2 aliphatic heterocycles. The molecule has 3 N–H and O–H groups in total. The largest absolute Gasteiger partial charge is 0.484 e. The van der Waals surface area contributed by atoms with Gasteiger partial charge in [-0.2, -0.15) is 0 Å². The molecule has 5 atom stereocenters. The Morgan fingerprint density at radius 3 is 2.62 bits per heavy atom. The van der Waals surface area contributed by atoms with Crippen LogP contribution in [0.5, 0.6) is 5.75 Å². The molecule has 0 radical (unpaired) electrons. The van der Waals surface area contributed by atoms with Gasteiger partial charge >= 0.3 is 0 Å². The van der Waals surface area contributed by atoms with E-state index < -0.39 is 6.10 Å². The average molecular weight is 434 g/mol. The predicted molar refractivity (Wildman–Crippen MR) is 112 cm³/mol. The predicted octanol–water partition coefficient (Wildman–Crippen LogP) is 3.84. The summed E-state index contributed by atoms with van der Waals surface area (Å²) in [4.78, 5) is 0. The highest BCUT2D eigenvalue weighted by atomic mass is 35.5. The van der Waals surface area contributed by atoms with Gasteiger partial charge in [-0.3, -0.25) is 0 Å². The van der Waals surface area contributed by atoms with Crippen LogP contribution in [0.2, 0.25) is 10.0 Å². The molecule has 0 aromatic heterocycles. The third-order valence-corrected chi connectivity index (χ3v) is 5.81. The van der Waals surface area contributed by atoms with Crippen LogP contribution in [0.15, 0.2) is 36.4 Å². The van der Waals surface area contributed by atoms with Gasteiger partial charge in [0, 0.05) is 21.2 Å². The minimum absolute atomic E-state index is 0.0834. The molecule has 2 aromatic carbocycles. The lowest BCUT2D eigenvalue weighted by atomic mass is 10.0. The summed E-state index contributed by atoms with van der Waals surface area (Å²) in [6.45, 7) is 2.60. The molecular formula is C22H21Cl2NO4. The van der Waals surface area contributed by atoms with Gasteiger partial charge in [0.05, 0.1) is 24.8 Å². The number of rotatable bonds is 3. The summed E-state index contributed by atoms with van der Waals surface area (Å²) in [7, 11) is 0. The van der Waals surface area contributed by atoms with Crippen molar-refractivity contribution < 1.29 is 19.3 Å². The molecule has 5 nitrogen and oxygen atoms in total. The Morgan fingerprint density at radius 1 is 1.14 bits per heavy atom. The highest BCUT2D eigenvalue weighted by molar-refractivity contribution is 6.36. The highest BCUT2D eigenvalue weighted by Gasteiger charge is 2.46. The van der Waals surface area contributed by atoms with E-state index in [1.54, 1.807) is 30.3 Å². The Labute approximate surface area is 179 Å². The third kappa shape index (κ3) is 4.18. The molecule has 2 aliphatic rings. The maximum atomic E-state index is 9.84. The van der Waals surface area contributed by atoms with Crippen molar-refractivity contribution in [2.24, 2.45) is 5.92 Å². The monoisotopic (exact) mass is 433 g/mol. The topological polar surface area (TPSA) is 73.9 Å². The van der Waals surface area contributed by atoms with E-state index in [-0.39, 0.29) is 30.8 Å². The lowest BCUT2D eigenvalue weighted by Gasteiger charge is -2.19. The van der Waals surface area contributed by atoms with Crippen LogP contribution >= 0.6 is 23.2 Å². The molecular weight excluding hydrogens is 413 g/mol. The molecule has 2 heterocycles. The quantitative estimate of drug-likeness (QED) is 0.567. The molecule has 0 amide bonds. The van der Waals surface area contributed by atoms with Crippen molar-refractivity contribution in [3.8, 4) is 17.6 Å². The van der Waals surface area contributed by atoms with Gasteiger partial charge in [-0.25, -0.2) is 0 Å². The van der Waals surface area contributed by atoms with Crippen molar-refractivity contribution in [1.82, 2.24) is 0 Å². The van der Waals surface area contributed by atoms with Gasteiger partial charge in [0.2, 0.25) is 0 Å². The number of hydrogen-bond donors (Lipinski definition) is 2. The van der Waals surface area contributed by atoms with Gasteiger partial charge in [0.1, 0.15) is 30.2 Å². The molecule has 152 valence electrons. The van der Waals surface area contributed by atoms with Crippen LogP contribution in [0.1, 0.15) is 24.2 Å². The van der Waals surface area contributed by atoms with Crippen molar-refractivity contribution in [3.63, 3.8) is 0 Å². The van der Waals surface area contributed by atoms with Crippen molar-refractivity contribution in [2.75, 3.05) is 18.9 Å². The zero-order valence-corrected chi connectivity index (χ0v) is 17.3. The molecule has 0 spiro atoms. The first-order valence-electron chi connectivity index (χ1n) is 9.37. The number of fused-ring (bicyclic) bond motifs is 1. The minimum Gasteiger partial charge on any atom is -0.484 e. The van der Waals surface area contributed by atoms with Crippen molar-refractivity contribution >= 4 is 28.9 Å². The van der Waals surface area contributed by atoms with Crippen LogP contribution in [0.4, 0.5) is 5.69 Å². The number of aliphatic hydroxyl groups is 1. The van der Waals surface area contributed by atoms with E-state index >= 15 is 0 Å². The van der Waals surface area contributed by atoms with Crippen molar-refractivity contribution in [3.05, 3.63) is 57.6 Å². The fraction of sp³-hybridized carbons (Fsp3) is 0.364. The van der Waals surface area contributed by atoms with Crippen LogP contribution in [-0.2, 0) is 9.47 Å². The molecule has 0 aliphatic carbocycles. The van der Waals surface area contributed by atoms with Crippen LogP contribution < -0.4 is 10.5 Å². The van der Waals surface area contributed by atoms with Crippen molar-refractivity contribution in [1.29, 1.82) is 0 Å². The van der Waals surface area contributed by atoms with Crippen LogP contribution in [-0.4, -0.2) is 36.6 Å². The number of nitrogens with two attached hydrogens (primary N) is 1. The fourth-order valence-corrected chi connectivity index (χ4v) is 4.35.